The molecule has 2 rings (SSSR count). The number of aryl methyl sites for hydroxylation is 4. The van der Waals surface area contributed by atoms with Gasteiger partial charge in [-0.15, -0.1) is 0 Å². The third-order valence-corrected chi connectivity index (χ3v) is 3.52. The van der Waals surface area contributed by atoms with Gasteiger partial charge in [-0.25, -0.2) is 0 Å². The Labute approximate surface area is 134 Å². The topological polar surface area (TPSA) is 102 Å². The molecule has 0 spiro atoms. The van der Waals surface area contributed by atoms with Crippen molar-refractivity contribution < 1.29 is 14.1 Å². The Balaban J connectivity index is 1.76. The van der Waals surface area contributed by atoms with Crippen LogP contribution < -0.4 is 10.9 Å². The maximum Gasteiger partial charge on any atom is 0.260 e. The van der Waals surface area contributed by atoms with Gasteiger partial charge in [0.05, 0.1) is 11.4 Å². The van der Waals surface area contributed by atoms with Gasteiger partial charge in [-0.1, -0.05) is 5.16 Å². The second-order valence-corrected chi connectivity index (χ2v) is 5.48. The van der Waals surface area contributed by atoms with Crippen molar-refractivity contribution in [3.63, 3.8) is 0 Å². The van der Waals surface area contributed by atoms with Gasteiger partial charge in [0.2, 0.25) is 5.91 Å². The number of hydrogen-bond donors (Lipinski definition) is 2. The second kappa shape index (κ2) is 7.08. The van der Waals surface area contributed by atoms with Crippen LogP contribution in [0.2, 0.25) is 0 Å². The van der Waals surface area contributed by atoms with Gasteiger partial charge in [0, 0.05) is 17.7 Å². The predicted octanol–water partition coefficient (Wildman–Crippen LogP) is 0.885. The summed E-state index contributed by atoms with van der Waals surface area (Å²) in [5, 5.41) is 8.03. The van der Waals surface area contributed by atoms with Crippen LogP contribution >= 0.6 is 0 Å². The Morgan fingerprint density at radius 3 is 2.43 bits per heavy atom. The van der Waals surface area contributed by atoms with Crippen LogP contribution in [0.1, 0.15) is 34.8 Å². The Morgan fingerprint density at radius 1 is 1.17 bits per heavy atom. The Morgan fingerprint density at radius 2 is 1.87 bits per heavy atom. The Hall–Kier alpha value is -2.64. The normalized spacial score (nSPS) is 10.6. The predicted molar refractivity (Wildman–Crippen MR) is 82.3 cm³/mol. The van der Waals surface area contributed by atoms with Crippen molar-refractivity contribution in [3.05, 3.63) is 34.5 Å². The van der Waals surface area contributed by atoms with Crippen LogP contribution in [0.15, 0.2) is 10.6 Å². The summed E-state index contributed by atoms with van der Waals surface area (Å²) in [6, 6.07) is 1.88. The van der Waals surface area contributed by atoms with E-state index >= 15 is 0 Å². The summed E-state index contributed by atoms with van der Waals surface area (Å²) < 4.78 is 6.63. The number of nitrogens with zero attached hydrogens (tertiary/aromatic N) is 3. The van der Waals surface area contributed by atoms with E-state index in [2.05, 4.69) is 21.1 Å². The first-order valence-corrected chi connectivity index (χ1v) is 7.37. The molecule has 0 fully saturated rings. The van der Waals surface area contributed by atoms with E-state index in [-0.39, 0.29) is 24.8 Å². The molecular weight excluding hydrogens is 298 g/mol. The minimum atomic E-state index is -0.332. The van der Waals surface area contributed by atoms with Gasteiger partial charge < -0.3 is 4.52 Å². The largest absolute Gasteiger partial charge is 0.361 e. The molecule has 0 radical (unpaired) electrons. The number of amides is 2. The number of carbonyl (C=O) groups is 2. The molecule has 0 saturated carbocycles. The number of carbonyl (C=O) groups excluding carboxylic acids is 2. The van der Waals surface area contributed by atoms with Crippen LogP contribution in [0.25, 0.3) is 0 Å². The van der Waals surface area contributed by atoms with Crippen molar-refractivity contribution in [3.8, 4) is 0 Å². The molecule has 8 heteroatoms. The van der Waals surface area contributed by atoms with Gasteiger partial charge >= 0.3 is 0 Å². The van der Waals surface area contributed by atoms with Crippen molar-refractivity contribution in [1.82, 2.24) is 25.8 Å². The molecule has 0 saturated heterocycles. The fourth-order valence-corrected chi connectivity index (χ4v) is 2.31. The number of rotatable bonds is 5. The smallest absolute Gasteiger partial charge is 0.260 e. The fourth-order valence-electron chi connectivity index (χ4n) is 2.31. The van der Waals surface area contributed by atoms with Crippen molar-refractivity contribution in [1.29, 1.82) is 0 Å². The van der Waals surface area contributed by atoms with E-state index in [1.165, 1.54) is 0 Å². The summed E-state index contributed by atoms with van der Waals surface area (Å²) in [6.07, 6.45) is 0.753. The third kappa shape index (κ3) is 4.41. The lowest BCUT2D eigenvalue weighted by atomic mass is 10.1. The average Bonchev–Trinajstić information content (AvgIpc) is 2.97. The maximum atomic E-state index is 11.8. The first kappa shape index (κ1) is 16.7. The van der Waals surface area contributed by atoms with Crippen LogP contribution in [0.4, 0.5) is 0 Å². The van der Waals surface area contributed by atoms with Gasteiger partial charge in [0.25, 0.3) is 5.91 Å². The summed E-state index contributed by atoms with van der Waals surface area (Å²) >= 11 is 0. The summed E-state index contributed by atoms with van der Waals surface area (Å²) in [7, 11) is 0. The van der Waals surface area contributed by atoms with Gasteiger partial charge in [-0.2, -0.15) is 5.10 Å². The maximum absolute atomic E-state index is 11.8. The monoisotopic (exact) mass is 319 g/mol. The quantitative estimate of drug-likeness (QED) is 0.797. The second-order valence-electron chi connectivity index (χ2n) is 5.48. The lowest BCUT2D eigenvalue weighted by Gasteiger charge is -2.08. The van der Waals surface area contributed by atoms with E-state index in [0.717, 1.165) is 22.6 Å². The highest BCUT2D eigenvalue weighted by Crippen LogP contribution is 2.13. The van der Waals surface area contributed by atoms with Crippen molar-refractivity contribution >= 4 is 11.8 Å². The van der Waals surface area contributed by atoms with Gasteiger partial charge in [-0.3, -0.25) is 25.1 Å². The molecule has 0 unspecified atom stereocenters. The Bertz CT molecular complexity index is 697. The minimum absolute atomic E-state index is 0.0593. The molecule has 0 aliphatic carbocycles. The summed E-state index contributed by atoms with van der Waals surface area (Å²) in [4.78, 5) is 23.6. The highest BCUT2D eigenvalue weighted by atomic mass is 16.5. The molecule has 2 heterocycles. The van der Waals surface area contributed by atoms with Gasteiger partial charge in [0.15, 0.2) is 0 Å². The van der Waals surface area contributed by atoms with E-state index in [9.17, 15) is 9.59 Å². The third-order valence-electron chi connectivity index (χ3n) is 3.52. The molecule has 2 N–H and O–H groups in total. The van der Waals surface area contributed by atoms with E-state index in [4.69, 9.17) is 4.52 Å². The van der Waals surface area contributed by atoms with Crippen LogP contribution in [-0.2, 0) is 22.6 Å². The van der Waals surface area contributed by atoms with E-state index in [1.54, 1.807) is 4.68 Å². The highest BCUT2D eigenvalue weighted by Gasteiger charge is 2.12. The number of aromatic nitrogens is 3. The van der Waals surface area contributed by atoms with E-state index in [0.29, 0.717) is 12.2 Å². The summed E-state index contributed by atoms with van der Waals surface area (Å²) in [6.45, 7) is 7.43. The molecule has 0 aliphatic heterocycles. The molecule has 2 aromatic rings. The molecule has 0 aromatic carbocycles. The summed E-state index contributed by atoms with van der Waals surface area (Å²) in [5.74, 6) is 0.109. The molecule has 124 valence electrons. The summed E-state index contributed by atoms with van der Waals surface area (Å²) in [5.41, 5.74) is 8.23. The molecule has 0 bridgehead atoms. The number of hydrogen-bond acceptors (Lipinski definition) is 5. The molecule has 2 amide bonds. The van der Waals surface area contributed by atoms with Crippen LogP contribution in [-0.4, -0.2) is 26.8 Å². The standard InChI is InChI=1S/C15H21N5O3/c1-9-7-10(2)20(18-9)8-15(22)17-16-14(21)6-5-13-11(3)19-23-12(13)4/h7H,5-6,8H2,1-4H3,(H,16,21)(H,17,22). The van der Waals surface area contributed by atoms with Gasteiger partial charge in [-0.05, 0) is 40.2 Å². The lowest BCUT2D eigenvalue weighted by molar-refractivity contribution is -0.129. The molecular formula is C15H21N5O3. The number of nitrogens with one attached hydrogen (secondary N) is 2. The Kier molecular flexibility index (Phi) is 5.15. The first-order chi connectivity index (χ1) is 10.9. The van der Waals surface area contributed by atoms with Crippen molar-refractivity contribution in [2.75, 3.05) is 0 Å². The van der Waals surface area contributed by atoms with Crippen LogP contribution in [0.3, 0.4) is 0 Å². The number of hydrazine groups is 1. The zero-order chi connectivity index (χ0) is 17.0. The molecule has 8 nitrogen and oxygen atoms in total. The molecule has 0 aliphatic rings. The average molecular weight is 319 g/mol. The fraction of sp³-hybridized carbons (Fsp3) is 0.467. The van der Waals surface area contributed by atoms with Crippen LogP contribution in [0.5, 0.6) is 0 Å². The van der Waals surface area contributed by atoms with Crippen molar-refractivity contribution in [2.45, 2.75) is 47.1 Å². The SMILES string of the molecule is Cc1cc(C)n(CC(=O)NNC(=O)CCc2c(C)noc2C)n1. The molecule has 23 heavy (non-hydrogen) atoms. The zero-order valence-corrected chi connectivity index (χ0v) is 13.8. The highest BCUT2D eigenvalue weighted by molar-refractivity contribution is 5.81. The first-order valence-electron chi connectivity index (χ1n) is 7.37. The van der Waals surface area contributed by atoms with Crippen LogP contribution in [0, 0.1) is 27.7 Å². The van der Waals surface area contributed by atoms with Crippen molar-refractivity contribution in [2.24, 2.45) is 0 Å². The molecule has 2 aromatic heterocycles. The molecule has 0 atom stereocenters. The lowest BCUT2D eigenvalue weighted by Crippen LogP contribution is -2.43. The minimum Gasteiger partial charge on any atom is -0.361 e. The van der Waals surface area contributed by atoms with E-state index < -0.39 is 0 Å². The van der Waals surface area contributed by atoms with E-state index in [1.807, 2.05) is 33.8 Å². The van der Waals surface area contributed by atoms with Gasteiger partial charge in [0.1, 0.15) is 12.3 Å². The zero-order valence-electron chi connectivity index (χ0n) is 13.8.